The second-order valence-electron chi connectivity index (χ2n) is 8.59. The zero-order valence-electron chi connectivity index (χ0n) is 19.0. The molecule has 5 rings (SSSR count). The maximum absolute atomic E-state index is 13.8. The van der Waals surface area contributed by atoms with Crippen LogP contribution in [-0.4, -0.2) is 48.9 Å². The minimum Gasteiger partial charge on any atom is -0.478 e. The molecule has 2 N–H and O–H groups in total. The number of rotatable bonds is 6. The molecule has 2 aromatic carbocycles. The van der Waals surface area contributed by atoms with E-state index in [-0.39, 0.29) is 36.6 Å². The van der Waals surface area contributed by atoms with E-state index in [1.165, 1.54) is 12.3 Å². The van der Waals surface area contributed by atoms with E-state index in [2.05, 4.69) is 15.2 Å². The third kappa shape index (κ3) is 4.63. The van der Waals surface area contributed by atoms with Crippen molar-refractivity contribution >= 4 is 29.3 Å². The maximum atomic E-state index is 13.8. The van der Waals surface area contributed by atoms with E-state index in [1.807, 2.05) is 12.1 Å². The molecule has 2 aromatic heterocycles. The number of carbonyl (C=O) groups is 3. The Morgan fingerprint density at radius 1 is 1.11 bits per heavy atom. The highest BCUT2D eigenvalue weighted by molar-refractivity contribution is 6.30. The fraction of sp³-hybridized carbons (Fsp3) is 0.148. The van der Waals surface area contributed by atoms with Gasteiger partial charge in [0.15, 0.2) is 5.78 Å². The number of benzene rings is 2. The van der Waals surface area contributed by atoms with Gasteiger partial charge in [-0.25, -0.2) is 4.79 Å². The number of aromatic amines is 1. The largest absolute Gasteiger partial charge is 0.478 e. The number of amides is 1. The van der Waals surface area contributed by atoms with Gasteiger partial charge in [0.05, 0.1) is 17.8 Å². The Bertz CT molecular complexity index is 1450. The number of H-pyrrole nitrogens is 1. The molecule has 0 saturated heterocycles. The van der Waals surface area contributed by atoms with Crippen molar-refractivity contribution in [2.45, 2.75) is 25.4 Å². The summed E-state index contributed by atoms with van der Waals surface area (Å²) in [5, 5.41) is 16.7. The predicted molar refractivity (Wildman–Crippen MR) is 133 cm³/mol. The first kappa shape index (κ1) is 23.4. The first-order chi connectivity index (χ1) is 17.4. The van der Waals surface area contributed by atoms with Crippen LogP contribution in [0.3, 0.4) is 0 Å². The Kier molecular flexibility index (Phi) is 6.35. The smallest absolute Gasteiger partial charge is 0.336 e. The van der Waals surface area contributed by atoms with Crippen LogP contribution in [0.5, 0.6) is 0 Å². The highest BCUT2D eigenvalue weighted by atomic mass is 35.5. The summed E-state index contributed by atoms with van der Waals surface area (Å²) < 4.78 is 0. The Morgan fingerprint density at radius 2 is 1.97 bits per heavy atom. The second-order valence-corrected chi connectivity index (χ2v) is 9.03. The van der Waals surface area contributed by atoms with Crippen LogP contribution < -0.4 is 0 Å². The number of ketones is 1. The number of fused-ring (bicyclic) bond motifs is 1. The van der Waals surface area contributed by atoms with E-state index in [1.54, 1.807) is 53.7 Å². The number of Topliss-reactive ketones (excluding diaryl/α,β-unsaturated/α-hetero) is 1. The van der Waals surface area contributed by atoms with Crippen LogP contribution in [-0.2, 0) is 24.2 Å². The van der Waals surface area contributed by atoms with Gasteiger partial charge in [-0.3, -0.25) is 19.7 Å². The Morgan fingerprint density at radius 3 is 2.69 bits per heavy atom. The van der Waals surface area contributed by atoms with Crippen LogP contribution in [0, 0.1) is 0 Å². The summed E-state index contributed by atoms with van der Waals surface area (Å²) >= 11 is 6.16. The highest BCUT2D eigenvalue weighted by Gasteiger charge is 2.36. The van der Waals surface area contributed by atoms with Crippen molar-refractivity contribution in [1.29, 1.82) is 0 Å². The van der Waals surface area contributed by atoms with Crippen molar-refractivity contribution in [2.75, 3.05) is 0 Å². The van der Waals surface area contributed by atoms with Crippen molar-refractivity contribution in [1.82, 2.24) is 20.1 Å². The molecular weight excluding hydrogens is 480 g/mol. The summed E-state index contributed by atoms with van der Waals surface area (Å²) in [6.07, 6.45) is 5.13. The highest BCUT2D eigenvalue weighted by Crippen LogP contribution is 2.29. The lowest BCUT2D eigenvalue weighted by Crippen LogP contribution is -2.45. The molecule has 3 heterocycles. The van der Waals surface area contributed by atoms with Crippen LogP contribution in [0.25, 0.3) is 11.1 Å². The third-order valence-corrected chi connectivity index (χ3v) is 6.51. The molecular formula is C27H21ClN4O4. The molecule has 180 valence electrons. The van der Waals surface area contributed by atoms with Gasteiger partial charge in [-0.15, -0.1) is 0 Å². The molecule has 0 bridgehead atoms. The van der Waals surface area contributed by atoms with Gasteiger partial charge in [0, 0.05) is 53.6 Å². The van der Waals surface area contributed by atoms with Gasteiger partial charge in [-0.1, -0.05) is 23.7 Å². The standard InChI is InChI=1S/C27H21ClN4O4/c28-19-5-7-21-17(10-19)11-25(33)24(12-20-3-1-2-8-29-20)32(26(21)34)15-16-4-6-22(27(35)36)23(9-16)18-13-30-31-14-18/h1-10,13-14,24H,11-12,15H2,(H,30,31)(H,35,36)/t24-/m1/s1. The van der Waals surface area contributed by atoms with Crippen LogP contribution in [0.15, 0.2) is 73.2 Å². The Hall–Kier alpha value is -4.30. The zero-order valence-corrected chi connectivity index (χ0v) is 19.8. The number of aromatic carboxylic acids is 1. The number of carboxylic acid groups (broad SMARTS) is 1. The minimum atomic E-state index is -1.07. The van der Waals surface area contributed by atoms with Crippen molar-refractivity contribution in [2.24, 2.45) is 0 Å². The lowest BCUT2D eigenvalue weighted by Gasteiger charge is -2.29. The summed E-state index contributed by atoms with van der Waals surface area (Å²) in [6.45, 7) is 0.106. The molecule has 0 saturated carbocycles. The number of carboxylic acids is 1. The van der Waals surface area contributed by atoms with E-state index in [0.717, 1.165) is 0 Å². The Balaban J connectivity index is 1.57. The average Bonchev–Trinajstić information content (AvgIpc) is 3.38. The summed E-state index contributed by atoms with van der Waals surface area (Å²) in [7, 11) is 0. The monoisotopic (exact) mass is 500 g/mol. The number of hydrogen-bond acceptors (Lipinski definition) is 5. The minimum absolute atomic E-state index is 0.0772. The van der Waals surface area contributed by atoms with Crippen LogP contribution in [0.4, 0.5) is 0 Å². The number of pyridine rings is 1. The van der Waals surface area contributed by atoms with Crippen LogP contribution in [0.1, 0.15) is 37.5 Å². The summed E-state index contributed by atoms with van der Waals surface area (Å²) in [5.41, 5.74) is 3.58. The quantitative estimate of drug-likeness (QED) is 0.410. The van der Waals surface area contributed by atoms with Gasteiger partial charge in [0.1, 0.15) is 0 Å². The summed E-state index contributed by atoms with van der Waals surface area (Å²) in [4.78, 5) is 45.0. The second kappa shape index (κ2) is 9.75. The first-order valence-corrected chi connectivity index (χ1v) is 11.7. The number of nitrogens with one attached hydrogen (secondary N) is 1. The number of halogens is 1. The van der Waals surface area contributed by atoms with E-state index < -0.39 is 12.0 Å². The van der Waals surface area contributed by atoms with Gasteiger partial charge in [-0.05, 0) is 59.2 Å². The molecule has 8 nitrogen and oxygen atoms in total. The fourth-order valence-corrected chi connectivity index (χ4v) is 4.72. The normalized spacial score (nSPS) is 15.5. The fourth-order valence-electron chi connectivity index (χ4n) is 4.53. The molecule has 9 heteroatoms. The summed E-state index contributed by atoms with van der Waals surface area (Å²) in [5.74, 6) is -1.48. The van der Waals surface area contributed by atoms with Crippen molar-refractivity contribution in [3.63, 3.8) is 0 Å². The molecule has 0 fully saturated rings. The maximum Gasteiger partial charge on any atom is 0.336 e. The molecule has 0 spiro atoms. The van der Waals surface area contributed by atoms with Crippen LogP contribution >= 0.6 is 11.6 Å². The lowest BCUT2D eigenvalue weighted by molar-refractivity contribution is -0.122. The van der Waals surface area contributed by atoms with Crippen LogP contribution in [0.2, 0.25) is 5.02 Å². The number of carbonyl (C=O) groups excluding carboxylic acids is 2. The molecule has 1 atom stereocenters. The molecule has 0 unspecified atom stereocenters. The van der Waals surface area contributed by atoms with Gasteiger partial charge in [0.25, 0.3) is 5.91 Å². The number of nitrogens with zero attached hydrogens (tertiary/aromatic N) is 3. The molecule has 1 aliphatic rings. The third-order valence-electron chi connectivity index (χ3n) is 6.28. The molecule has 0 radical (unpaired) electrons. The van der Waals surface area contributed by atoms with Crippen molar-refractivity contribution in [3.05, 3.63) is 106 Å². The van der Waals surface area contributed by atoms with E-state index >= 15 is 0 Å². The zero-order chi connectivity index (χ0) is 25.2. The van der Waals surface area contributed by atoms with E-state index in [9.17, 15) is 19.5 Å². The number of hydrogen-bond donors (Lipinski definition) is 2. The van der Waals surface area contributed by atoms with E-state index in [4.69, 9.17) is 11.6 Å². The predicted octanol–water partition coefficient (Wildman–Crippen LogP) is 4.20. The van der Waals surface area contributed by atoms with Crippen molar-refractivity contribution in [3.8, 4) is 11.1 Å². The molecule has 36 heavy (non-hydrogen) atoms. The van der Waals surface area contributed by atoms with Crippen molar-refractivity contribution < 1.29 is 19.5 Å². The molecule has 4 aromatic rings. The first-order valence-electron chi connectivity index (χ1n) is 11.3. The molecule has 1 amide bonds. The van der Waals surface area contributed by atoms with Gasteiger partial charge < -0.3 is 10.0 Å². The van der Waals surface area contributed by atoms with Gasteiger partial charge >= 0.3 is 5.97 Å². The van der Waals surface area contributed by atoms with E-state index in [0.29, 0.717) is 38.5 Å². The summed E-state index contributed by atoms with van der Waals surface area (Å²) in [6, 6.07) is 14.5. The number of aromatic nitrogens is 3. The Labute approximate surface area is 211 Å². The topological polar surface area (TPSA) is 116 Å². The molecule has 0 aliphatic carbocycles. The SMILES string of the molecule is O=C(O)c1ccc(CN2C(=O)c3ccc(Cl)cc3CC(=O)[C@H]2Cc2ccccn2)cc1-c1cn[nH]c1. The average molecular weight is 501 g/mol. The molecule has 1 aliphatic heterocycles. The van der Waals surface area contributed by atoms with Gasteiger partial charge in [0.2, 0.25) is 0 Å². The van der Waals surface area contributed by atoms with Gasteiger partial charge in [-0.2, -0.15) is 5.10 Å². The lowest BCUT2D eigenvalue weighted by atomic mass is 9.97.